The van der Waals surface area contributed by atoms with Crippen molar-refractivity contribution in [2.24, 2.45) is 0 Å². The fourth-order valence-electron chi connectivity index (χ4n) is 6.74. The summed E-state index contributed by atoms with van der Waals surface area (Å²) in [5.41, 5.74) is 5.16. The van der Waals surface area contributed by atoms with Gasteiger partial charge < -0.3 is 35.1 Å². The van der Waals surface area contributed by atoms with Gasteiger partial charge in [-0.2, -0.15) is 10.4 Å². The highest BCUT2D eigenvalue weighted by molar-refractivity contribution is 7.47. The van der Waals surface area contributed by atoms with E-state index in [1.807, 2.05) is 18.2 Å². The zero-order chi connectivity index (χ0) is 39.4. The molecule has 55 heavy (non-hydrogen) atoms. The number of phosphoric ester groups is 1. The Morgan fingerprint density at radius 3 is 2.31 bits per heavy atom. The van der Waals surface area contributed by atoms with E-state index in [-0.39, 0.29) is 24.7 Å². The van der Waals surface area contributed by atoms with Crippen LogP contribution >= 0.6 is 7.82 Å². The predicted molar refractivity (Wildman–Crippen MR) is 206 cm³/mol. The predicted octanol–water partition coefficient (Wildman–Crippen LogP) is 6.54. The largest absolute Gasteiger partial charge is 0.472 e. The summed E-state index contributed by atoms with van der Waals surface area (Å²) in [6, 6.07) is 8.65. The van der Waals surface area contributed by atoms with E-state index in [2.05, 4.69) is 22.0 Å². The average molecular weight is 789 g/mol. The summed E-state index contributed by atoms with van der Waals surface area (Å²) < 4.78 is 42.5. The van der Waals surface area contributed by atoms with Crippen LogP contribution in [0.3, 0.4) is 0 Å². The third kappa shape index (κ3) is 14.1. The molecule has 5 N–H and O–H groups in total. The molecule has 0 spiro atoms. The number of phosphoric acid groups is 1. The summed E-state index contributed by atoms with van der Waals surface area (Å²) in [4.78, 5) is 18.6. The van der Waals surface area contributed by atoms with Crippen LogP contribution in [0.2, 0.25) is 0 Å². The normalized spacial score (nSPS) is 21.5. The molecular formula is C39H61N6O9P. The van der Waals surface area contributed by atoms with E-state index >= 15 is 0 Å². The molecule has 6 atom stereocenters. The highest BCUT2D eigenvalue weighted by atomic mass is 31.2. The minimum absolute atomic E-state index is 0.0971. The standard InChI is InChI=1S/C39H61N6O9P/c1-2-3-4-5-9-12-15-23-50-24-16-13-10-7-6-8-11-14-19-32(51-26-31-18-17-22-42-25-31)27-52-55(48,49)53-28-34-36(46)37(47)39(29-40,54-34)35-21-20-33-38(41)43-30-44-45(33)35/h17-18,20-22,25,30,32,34,36-37,46-47H,2-16,19,23-24,26-28H2,1H3,(H,48,49)(H2,41,43,44)/t32-,34-,36+,37?,39+/m1/s1. The number of nitriles is 1. The molecule has 1 saturated heterocycles. The molecule has 0 saturated carbocycles. The van der Waals surface area contributed by atoms with E-state index in [0.717, 1.165) is 50.9 Å². The molecule has 4 heterocycles. The first-order valence-electron chi connectivity index (χ1n) is 19.9. The Morgan fingerprint density at radius 2 is 1.65 bits per heavy atom. The lowest BCUT2D eigenvalue weighted by molar-refractivity contribution is -0.0658. The maximum Gasteiger partial charge on any atom is 0.472 e. The minimum Gasteiger partial charge on any atom is -0.387 e. The topological polar surface area (TPSA) is 217 Å². The monoisotopic (exact) mass is 788 g/mol. The molecule has 3 aromatic heterocycles. The van der Waals surface area contributed by atoms with Crippen LogP contribution in [0.25, 0.3) is 5.52 Å². The number of nitrogen functional groups attached to an aromatic ring is 1. The summed E-state index contributed by atoms with van der Waals surface area (Å²) >= 11 is 0. The van der Waals surface area contributed by atoms with Crippen molar-refractivity contribution in [2.45, 2.75) is 146 Å². The number of nitrogens with zero attached hydrogens (tertiary/aromatic N) is 5. The van der Waals surface area contributed by atoms with Crippen molar-refractivity contribution >= 4 is 19.2 Å². The number of hydrogen-bond acceptors (Lipinski definition) is 13. The van der Waals surface area contributed by atoms with Gasteiger partial charge in [0.05, 0.1) is 31.6 Å². The average Bonchev–Trinajstić information content (AvgIpc) is 3.74. The summed E-state index contributed by atoms with van der Waals surface area (Å²) in [6.45, 7) is 3.36. The van der Waals surface area contributed by atoms with Gasteiger partial charge in [-0.25, -0.2) is 14.1 Å². The summed E-state index contributed by atoms with van der Waals surface area (Å²) in [5, 5.41) is 36.0. The Kier molecular flexibility index (Phi) is 19.4. The molecule has 1 fully saturated rings. The molecule has 0 radical (unpaired) electrons. The fraction of sp³-hybridized carbons (Fsp3) is 0.692. The van der Waals surface area contributed by atoms with Gasteiger partial charge in [-0.05, 0) is 43.0 Å². The molecule has 1 aliphatic heterocycles. The summed E-state index contributed by atoms with van der Waals surface area (Å²) in [5.74, 6) is 0.139. The van der Waals surface area contributed by atoms with Crippen LogP contribution in [0, 0.1) is 11.3 Å². The van der Waals surface area contributed by atoms with Gasteiger partial charge in [0.25, 0.3) is 0 Å². The van der Waals surface area contributed by atoms with Crippen molar-refractivity contribution in [3.05, 3.63) is 54.2 Å². The molecular weight excluding hydrogens is 727 g/mol. The number of hydrogen-bond donors (Lipinski definition) is 4. The Hall–Kier alpha value is -3.03. The van der Waals surface area contributed by atoms with Gasteiger partial charge in [0.2, 0.25) is 5.60 Å². The molecule has 16 heteroatoms. The molecule has 2 unspecified atom stereocenters. The second kappa shape index (κ2) is 23.9. The van der Waals surface area contributed by atoms with Gasteiger partial charge in [0.15, 0.2) is 5.82 Å². The Morgan fingerprint density at radius 1 is 0.982 bits per heavy atom. The van der Waals surface area contributed by atoms with Gasteiger partial charge in [0.1, 0.15) is 36.2 Å². The first kappa shape index (κ1) is 44.7. The molecule has 0 aromatic carbocycles. The quantitative estimate of drug-likeness (QED) is 0.0434. The third-order valence-corrected chi connectivity index (χ3v) is 10.9. The number of aliphatic hydroxyl groups is 2. The zero-order valence-electron chi connectivity index (χ0n) is 32.3. The molecule has 15 nitrogen and oxygen atoms in total. The van der Waals surface area contributed by atoms with E-state index in [0.29, 0.717) is 11.9 Å². The SMILES string of the molecule is CCCCCCCCCOCCCCCCCCCC[C@H](COP(=O)(O)OC[C@H]1O[C@@](C#N)(c2ccc3c(N)ncnn23)C(O)[C@H]1O)OCc1cccnc1. The van der Waals surface area contributed by atoms with Crippen LogP contribution in [-0.2, 0) is 40.0 Å². The van der Waals surface area contributed by atoms with Crippen LogP contribution in [0.1, 0.15) is 121 Å². The summed E-state index contributed by atoms with van der Waals surface area (Å²) in [6.07, 6.45) is 17.8. The van der Waals surface area contributed by atoms with E-state index in [1.165, 1.54) is 81.1 Å². The van der Waals surface area contributed by atoms with E-state index < -0.39 is 44.4 Å². The molecule has 306 valence electrons. The van der Waals surface area contributed by atoms with E-state index in [1.54, 1.807) is 18.5 Å². The number of nitrogens with two attached hydrogens (primary N) is 1. The lowest BCUT2D eigenvalue weighted by Crippen LogP contribution is -2.41. The highest BCUT2D eigenvalue weighted by Gasteiger charge is 2.58. The number of unbranched alkanes of at least 4 members (excludes halogenated alkanes) is 13. The Bertz CT molecular complexity index is 1610. The summed E-state index contributed by atoms with van der Waals surface area (Å²) in [7, 11) is -4.67. The first-order valence-corrected chi connectivity index (χ1v) is 21.4. The smallest absolute Gasteiger partial charge is 0.387 e. The van der Waals surface area contributed by atoms with Crippen molar-refractivity contribution in [1.82, 2.24) is 19.6 Å². The number of pyridine rings is 1. The lowest BCUT2D eigenvalue weighted by atomic mass is 9.92. The van der Waals surface area contributed by atoms with Crippen molar-refractivity contribution in [2.75, 3.05) is 32.2 Å². The van der Waals surface area contributed by atoms with Crippen LogP contribution in [0.5, 0.6) is 0 Å². The second-order valence-corrected chi connectivity index (χ2v) is 15.8. The number of anilines is 1. The van der Waals surface area contributed by atoms with Crippen molar-refractivity contribution in [3.63, 3.8) is 0 Å². The number of rotatable bonds is 29. The Balaban J connectivity index is 1.15. The van der Waals surface area contributed by atoms with Gasteiger partial charge >= 0.3 is 7.82 Å². The molecule has 0 aliphatic carbocycles. The van der Waals surface area contributed by atoms with Gasteiger partial charge in [0, 0.05) is 25.6 Å². The van der Waals surface area contributed by atoms with Gasteiger partial charge in [-0.3, -0.25) is 14.0 Å². The second-order valence-electron chi connectivity index (χ2n) is 14.3. The molecule has 0 amide bonds. The minimum atomic E-state index is -4.67. The maximum atomic E-state index is 13.0. The van der Waals surface area contributed by atoms with Gasteiger partial charge in [-0.1, -0.05) is 96.5 Å². The van der Waals surface area contributed by atoms with E-state index in [4.69, 9.17) is 29.0 Å². The first-order chi connectivity index (χ1) is 26.7. The van der Waals surface area contributed by atoms with Crippen LogP contribution in [-0.4, -0.2) is 85.5 Å². The molecule has 1 aliphatic rings. The van der Waals surface area contributed by atoms with Crippen LogP contribution in [0.15, 0.2) is 43.0 Å². The number of aromatic nitrogens is 4. The van der Waals surface area contributed by atoms with Crippen LogP contribution < -0.4 is 5.73 Å². The number of fused-ring (bicyclic) bond motifs is 1. The molecule has 3 aromatic rings. The number of ether oxygens (including phenoxy) is 3. The Labute approximate surface area is 325 Å². The number of aliphatic hydroxyl groups excluding tert-OH is 2. The van der Waals surface area contributed by atoms with Gasteiger partial charge in [-0.15, -0.1) is 0 Å². The third-order valence-electron chi connectivity index (χ3n) is 9.98. The maximum absolute atomic E-state index is 13.0. The lowest BCUT2D eigenvalue weighted by Gasteiger charge is -2.24. The molecule has 0 bridgehead atoms. The fourth-order valence-corrected chi connectivity index (χ4v) is 7.51. The van der Waals surface area contributed by atoms with Crippen molar-refractivity contribution in [3.8, 4) is 6.07 Å². The van der Waals surface area contributed by atoms with Crippen molar-refractivity contribution in [1.29, 1.82) is 5.26 Å². The van der Waals surface area contributed by atoms with Crippen molar-refractivity contribution < 1.29 is 42.9 Å². The van der Waals surface area contributed by atoms with Crippen LogP contribution in [0.4, 0.5) is 5.82 Å². The van der Waals surface area contributed by atoms with E-state index in [9.17, 15) is 24.9 Å². The highest BCUT2D eigenvalue weighted by Crippen LogP contribution is 2.46. The molecule has 4 rings (SSSR count). The zero-order valence-corrected chi connectivity index (χ0v) is 33.1.